The summed E-state index contributed by atoms with van der Waals surface area (Å²) < 4.78 is 5.09. The van der Waals surface area contributed by atoms with E-state index in [1.54, 1.807) is 0 Å². The van der Waals surface area contributed by atoms with Gasteiger partial charge in [-0.15, -0.1) is 0 Å². The maximum Gasteiger partial charge on any atom is 0.415 e. The molecule has 98 valence electrons. The third-order valence-electron chi connectivity index (χ3n) is 2.58. The highest BCUT2D eigenvalue weighted by Crippen LogP contribution is 2.24. The largest absolute Gasteiger partial charge is 0.507 e. The van der Waals surface area contributed by atoms with Crippen LogP contribution in [0.25, 0.3) is 0 Å². The summed E-state index contributed by atoms with van der Waals surface area (Å²) in [6, 6.07) is 4.18. The van der Waals surface area contributed by atoms with Crippen molar-refractivity contribution < 1.29 is 19.4 Å². The molecule has 0 unspecified atom stereocenters. The zero-order valence-corrected chi connectivity index (χ0v) is 10.8. The molecule has 0 heterocycles. The first-order valence-electron chi connectivity index (χ1n) is 5.80. The predicted molar refractivity (Wildman–Crippen MR) is 67.1 cm³/mol. The number of hydrogen-bond donors (Lipinski definition) is 1. The molecule has 18 heavy (non-hydrogen) atoms. The minimum atomic E-state index is -0.477. The van der Waals surface area contributed by atoms with Crippen molar-refractivity contribution in [3.05, 3.63) is 23.8 Å². The lowest BCUT2D eigenvalue weighted by atomic mass is 10.1. The zero-order valence-electron chi connectivity index (χ0n) is 10.8. The van der Waals surface area contributed by atoms with Gasteiger partial charge < -0.3 is 14.7 Å². The molecule has 0 aliphatic rings. The number of carbonyl (C=O) groups excluding carboxylic acids is 2. The molecular formula is C13H17NO4. The van der Waals surface area contributed by atoms with Crippen molar-refractivity contribution in [1.29, 1.82) is 0 Å². The quantitative estimate of drug-likeness (QED) is 0.834. The molecule has 1 aromatic rings. The topological polar surface area (TPSA) is 66.8 Å². The molecule has 0 radical (unpaired) electrons. The number of nitrogens with zero attached hydrogens (tertiary/aromatic N) is 1. The van der Waals surface area contributed by atoms with E-state index in [1.807, 2.05) is 13.8 Å². The van der Waals surface area contributed by atoms with Crippen molar-refractivity contribution in [3.8, 4) is 11.5 Å². The monoisotopic (exact) mass is 251 g/mol. The fourth-order valence-corrected chi connectivity index (χ4v) is 1.52. The number of hydrogen-bond acceptors (Lipinski definition) is 4. The Morgan fingerprint density at radius 3 is 2.33 bits per heavy atom. The van der Waals surface area contributed by atoms with Crippen LogP contribution >= 0.6 is 0 Å². The van der Waals surface area contributed by atoms with Crippen molar-refractivity contribution in [2.24, 2.45) is 0 Å². The van der Waals surface area contributed by atoms with Crippen LogP contribution < -0.4 is 4.74 Å². The van der Waals surface area contributed by atoms with Crippen LogP contribution in [0.4, 0.5) is 4.79 Å². The molecule has 1 aromatic carbocycles. The number of amides is 1. The van der Waals surface area contributed by atoms with Crippen molar-refractivity contribution in [3.63, 3.8) is 0 Å². The predicted octanol–water partition coefficient (Wildman–Crippen LogP) is 2.44. The number of aromatic hydroxyl groups is 1. The lowest BCUT2D eigenvalue weighted by Gasteiger charge is -2.18. The lowest BCUT2D eigenvalue weighted by molar-refractivity contribution is 0.101. The first-order valence-corrected chi connectivity index (χ1v) is 5.80. The zero-order chi connectivity index (χ0) is 13.7. The smallest absolute Gasteiger partial charge is 0.415 e. The van der Waals surface area contributed by atoms with Gasteiger partial charge >= 0.3 is 6.09 Å². The van der Waals surface area contributed by atoms with Crippen LogP contribution in [-0.4, -0.2) is 35.0 Å². The summed E-state index contributed by atoms with van der Waals surface area (Å²) in [5, 5.41) is 9.60. The summed E-state index contributed by atoms with van der Waals surface area (Å²) in [5.41, 5.74) is 0.206. The molecule has 0 saturated carbocycles. The van der Waals surface area contributed by atoms with Crippen molar-refractivity contribution >= 4 is 11.9 Å². The van der Waals surface area contributed by atoms with Crippen molar-refractivity contribution in [1.82, 2.24) is 4.90 Å². The van der Waals surface area contributed by atoms with E-state index in [9.17, 15) is 14.7 Å². The normalized spacial score (nSPS) is 9.94. The van der Waals surface area contributed by atoms with Gasteiger partial charge in [0.05, 0.1) is 5.56 Å². The van der Waals surface area contributed by atoms with Crippen molar-refractivity contribution in [2.75, 3.05) is 13.1 Å². The van der Waals surface area contributed by atoms with Crippen LogP contribution in [0, 0.1) is 0 Å². The average Bonchev–Trinajstić information content (AvgIpc) is 2.30. The Labute approximate surface area is 106 Å². The van der Waals surface area contributed by atoms with Crippen LogP contribution in [0.1, 0.15) is 31.1 Å². The second-order valence-corrected chi connectivity index (χ2v) is 3.78. The van der Waals surface area contributed by atoms with Gasteiger partial charge in [-0.25, -0.2) is 4.79 Å². The molecule has 1 amide bonds. The SMILES string of the molecule is CCN(CC)C(=O)Oc1ccc(C(C)=O)c(O)c1. The number of phenolic OH excluding ortho intramolecular Hbond substituents is 1. The maximum atomic E-state index is 11.7. The number of ketones is 1. The summed E-state index contributed by atoms with van der Waals surface area (Å²) in [4.78, 5) is 24.3. The van der Waals surface area contributed by atoms with E-state index < -0.39 is 6.09 Å². The highest BCUT2D eigenvalue weighted by molar-refractivity contribution is 5.96. The van der Waals surface area contributed by atoms with Crippen LogP contribution in [-0.2, 0) is 0 Å². The highest BCUT2D eigenvalue weighted by Gasteiger charge is 2.14. The Hall–Kier alpha value is -2.04. The molecule has 0 saturated heterocycles. The fourth-order valence-electron chi connectivity index (χ4n) is 1.52. The van der Waals surface area contributed by atoms with E-state index in [2.05, 4.69) is 0 Å². The first-order chi connectivity index (χ1) is 8.49. The van der Waals surface area contributed by atoms with E-state index in [0.29, 0.717) is 13.1 Å². The second kappa shape index (κ2) is 6.05. The third-order valence-corrected chi connectivity index (χ3v) is 2.58. The number of phenols is 1. The summed E-state index contributed by atoms with van der Waals surface area (Å²) in [7, 11) is 0. The van der Waals surface area contributed by atoms with Gasteiger partial charge in [0, 0.05) is 19.2 Å². The lowest BCUT2D eigenvalue weighted by Crippen LogP contribution is -2.33. The third kappa shape index (κ3) is 3.23. The standard InChI is InChI=1S/C13H17NO4/c1-4-14(5-2)13(17)18-10-6-7-11(9(3)15)12(16)8-10/h6-8,16H,4-5H2,1-3H3. The van der Waals surface area contributed by atoms with Gasteiger partial charge in [-0.2, -0.15) is 0 Å². The van der Waals surface area contributed by atoms with Gasteiger partial charge in [0.15, 0.2) is 5.78 Å². The average molecular weight is 251 g/mol. The van der Waals surface area contributed by atoms with Crippen LogP contribution in [0.5, 0.6) is 11.5 Å². The number of ether oxygens (including phenoxy) is 1. The van der Waals surface area contributed by atoms with Crippen LogP contribution in [0.2, 0.25) is 0 Å². The van der Waals surface area contributed by atoms with Gasteiger partial charge in [0.1, 0.15) is 11.5 Å². The van der Waals surface area contributed by atoms with E-state index >= 15 is 0 Å². The first kappa shape index (κ1) is 14.0. The number of Topliss-reactive ketones (excluding diaryl/α,β-unsaturated/α-hetero) is 1. The van der Waals surface area contributed by atoms with Gasteiger partial charge in [-0.05, 0) is 32.9 Å². The molecule has 1 N–H and O–H groups in total. The molecule has 0 fully saturated rings. The van der Waals surface area contributed by atoms with E-state index in [0.717, 1.165) is 0 Å². The minimum absolute atomic E-state index is 0.188. The molecule has 0 atom stereocenters. The van der Waals surface area contributed by atoms with E-state index in [-0.39, 0.29) is 22.8 Å². The molecule has 0 aliphatic heterocycles. The summed E-state index contributed by atoms with van der Waals surface area (Å²) in [5.74, 6) is -0.212. The number of rotatable bonds is 4. The summed E-state index contributed by atoms with van der Waals surface area (Å²) in [6.07, 6.45) is -0.477. The molecule has 5 heteroatoms. The fraction of sp³-hybridized carbons (Fsp3) is 0.385. The van der Waals surface area contributed by atoms with E-state index in [4.69, 9.17) is 4.74 Å². The Balaban J connectivity index is 2.83. The number of carbonyl (C=O) groups is 2. The summed E-state index contributed by atoms with van der Waals surface area (Å²) >= 11 is 0. The molecular weight excluding hydrogens is 234 g/mol. The van der Waals surface area contributed by atoms with Gasteiger partial charge in [0.2, 0.25) is 0 Å². The molecule has 0 aromatic heterocycles. The van der Waals surface area contributed by atoms with Gasteiger partial charge in [0.25, 0.3) is 0 Å². The molecule has 5 nitrogen and oxygen atoms in total. The number of benzene rings is 1. The molecule has 0 bridgehead atoms. The van der Waals surface area contributed by atoms with Crippen molar-refractivity contribution in [2.45, 2.75) is 20.8 Å². The summed E-state index contributed by atoms with van der Waals surface area (Å²) in [6.45, 7) is 6.15. The second-order valence-electron chi connectivity index (χ2n) is 3.78. The van der Waals surface area contributed by atoms with Gasteiger partial charge in [-0.1, -0.05) is 0 Å². The van der Waals surface area contributed by atoms with Crippen LogP contribution in [0.3, 0.4) is 0 Å². The minimum Gasteiger partial charge on any atom is -0.507 e. The van der Waals surface area contributed by atoms with Gasteiger partial charge in [-0.3, -0.25) is 4.79 Å². The highest BCUT2D eigenvalue weighted by atomic mass is 16.6. The Bertz CT molecular complexity index is 452. The molecule has 0 aliphatic carbocycles. The van der Waals surface area contributed by atoms with Crippen LogP contribution in [0.15, 0.2) is 18.2 Å². The molecule has 1 rings (SSSR count). The Morgan fingerprint density at radius 2 is 1.89 bits per heavy atom. The maximum absolute atomic E-state index is 11.7. The molecule has 0 spiro atoms. The van der Waals surface area contributed by atoms with E-state index in [1.165, 1.54) is 30.0 Å². The Kier molecular flexibility index (Phi) is 4.71. The Morgan fingerprint density at radius 1 is 1.28 bits per heavy atom.